The summed E-state index contributed by atoms with van der Waals surface area (Å²) in [5.74, 6) is 0.827. The molecule has 1 aliphatic heterocycles. The lowest BCUT2D eigenvalue weighted by Gasteiger charge is -2.25. The Morgan fingerprint density at radius 1 is 1.15 bits per heavy atom. The molecule has 1 amide bonds. The summed E-state index contributed by atoms with van der Waals surface area (Å²) in [7, 11) is 3.47. The van der Waals surface area contributed by atoms with Crippen LogP contribution in [0.15, 0.2) is 48.7 Å². The maximum absolute atomic E-state index is 13.2. The number of pyridine rings is 1. The molecule has 9 heteroatoms. The summed E-state index contributed by atoms with van der Waals surface area (Å²) in [6, 6.07) is 13.6. The van der Waals surface area contributed by atoms with Crippen LogP contribution in [0.4, 0.5) is 0 Å². The Balaban J connectivity index is 1.52. The van der Waals surface area contributed by atoms with E-state index in [1.54, 1.807) is 18.0 Å². The van der Waals surface area contributed by atoms with Gasteiger partial charge in [0, 0.05) is 38.4 Å². The number of methoxy groups -OCH3 is 1. The highest BCUT2D eigenvalue weighted by molar-refractivity contribution is 6.30. The number of hydrogen-bond donors (Lipinski definition) is 0. The summed E-state index contributed by atoms with van der Waals surface area (Å²) in [5.41, 5.74) is 3.66. The van der Waals surface area contributed by atoms with E-state index in [4.69, 9.17) is 21.1 Å². The van der Waals surface area contributed by atoms with Gasteiger partial charge in [0.1, 0.15) is 10.9 Å². The van der Waals surface area contributed by atoms with E-state index in [-0.39, 0.29) is 18.6 Å². The molecule has 1 atom stereocenters. The van der Waals surface area contributed by atoms with E-state index in [1.165, 1.54) is 0 Å². The monoisotopic (exact) mass is 483 g/mol. The third-order valence-corrected chi connectivity index (χ3v) is 6.42. The third kappa shape index (κ3) is 5.94. The van der Waals surface area contributed by atoms with E-state index in [0.717, 1.165) is 28.3 Å². The average Bonchev–Trinajstić information content (AvgIpc) is 2.98. The molecule has 0 bridgehead atoms. The summed E-state index contributed by atoms with van der Waals surface area (Å²) in [6.07, 6.45) is 1.56. The first-order valence-corrected chi connectivity index (χ1v) is 11.6. The predicted octanol–water partition coefficient (Wildman–Crippen LogP) is 3.22. The van der Waals surface area contributed by atoms with Crippen LogP contribution in [0.3, 0.4) is 0 Å². The minimum atomic E-state index is -0.183. The van der Waals surface area contributed by atoms with Gasteiger partial charge in [-0.15, -0.1) is 0 Å². The van der Waals surface area contributed by atoms with E-state index < -0.39 is 0 Å². The van der Waals surface area contributed by atoms with Crippen LogP contribution in [0.1, 0.15) is 22.5 Å². The molecule has 180 valence electrons. The minimum Gasteiger partial charge on any atom is -0.497 e. The van der Waals surface area contributed by atoms with E-state index in [1.807, 2.05) is 61.3 Å². The smallest absolute Gasteiger partial charge is 0.237 e. The van der Waals surface area contributed by atoms with Crippen molar-refractivity contribution in [2.45, 2.75) is 32.7 Å². The number of aryl methyl sites for hydroxylation is 2. The number of amides is 1. The van der Waals surface area contributed by atoms with E-state index in [9.17, 15) is 4.79 Å². The number of nitrogens with zero attached hydrogens (tertiary/aromatic N) is 5. The molecule has 1 fully saturated rings. The van der Waals surface area contributed by atoms with Crippen molar-refractivity contribution in [3.63, 3.8) is 0 Å². The van der Waals surface area contributed by atoms with Crippen LogP contribution in [0.25, 0.3) is 0 Å². The second kappa shape index (κ2) is 11.0. The molecule has 8 nitrogen and oxygen atoms in total. The number of ether oxygens (including phenoxy) is 2. The zero-order chi connectivity index (χ0) is 24.1. The van der Waals surface area contributed by atoms with Crippen molar-refractivity contribution in [1.82, 2.24) is 24.6 Å². The summed E-state index contributed by atoms with van der Waals surface area (Å²) >= 11 is 6.48. The van der Waals surface area contributed by atoms with Crippen LogP contribution in [-0.4, -0.2) is 63.3 Å². The van der Waals surface area contributed by atoms with Gasteiger partial charge in [-0.2, -0.15) is 5.10 Å². The molecule has 0 saturated carbocycles. The zero-order valence-electron chi connectivity index (χ0n) is 19.8. The predicted molar refractivity (Wildman–Crippen MR) is 129 cm³/mol. The highest BCUT2D eigenvalue weighted by atomic mass is 35.5. The second-order valence-corrected chi connectivity index (χ2v) is 8.89. The van der Waals surface area contributed by atoms with Crippen molar-refractivity contribution in [3.05, 3.63) is 76.3 Å². The SMILES string of the molecule is COc1cccc(CO[C@H]2CN(Cc3c(C)nn(C)c3Cl)CC(=O)N(Cc3ccccn3)C2)c1. The van der Waals surface area contributed by atoms with Gasteiger partial charge in [-0.3, -0.25) is 19.4 Å². The maximum Gasteiger partial charge on any atom is 0.237 e. The number of carbonyl (C=O) groups excluding carboxylic acids is 1. The number of benzene rings is 1. The fourth-order valence-electron chi connectivity index (χ4n) is 4.17. The highest BCUT2D eigenvalue weighted by Crippen LogP contribution is 2.23. The first-order chi connectivity index (χ1) is 16.4. The van der Waals surface area contributed by atoms with Gasteiger partial charge < -0.3 is 14.4 Å². The van der Waals surface area contributed by atoms with Crippen molar-refractivity contribution in [1.29, 1.82) is 0 Å². The average molecular weight is 484 g/mol. The van der Waals surface area contributed by atoms with Crippen LogP contribution < -0.4 is 4.74 Å². The van der Waals surface area contributed by atoms with Gasteiger partial charge in [0.2, 0.25) is 5.91 Å². The molecule has 2 aromatic heterocycles. The molecular weight excluding hydrogens is 454 g/mol. The van der Waals surface area contributed by atoms with Crippen LogP contribution >= 0.6 is 11.6 Å². The molecule has 0 N–H and O–H groups in total. The molecule has 34 heavy (non-hydrogen) atoms. The normalized spacial score (nSPS) is 17.1. The standard InChI is InChI=1S/C25H30ClN5O3/c1-18-23(25(26)29(2)28-18)15-30-13-22(34-17-19-7-6-9-21(11-19)33-3)14-31(24(32)16-30)12-20-8-4-5-10-27-20/h4-11,22H,12-17H2,1-3H3/t22-/m0/s1. The number of halogens is 1. The Labute approximate surface area is 205 Å². The zero-order valence-corrected chi connectivity index (χ0v) is 20.5. The minimum absolute atomic E-state index is 0.0378. The number of aromatic nitrogens is 3. The fraction of sp³-hybridized carbons (Fsp3) is 0.400. The Morgan fingerprint density at radius 2 is 2.00 bits per heavy atom. The summed E-state index contributed by atoms with van der Waals surface area (Å²) in [6.45, 7) is 4.68. The molecule has 0 aliphatic carbocycles. The number of rotatable bonds is 8. The largest absolute Gasteiger partial charge is 0.497 e. The topological polar surface area (TPSA) is 72.7 Å². The molecule has 3 heterocycles. The van der Waals surface area contributed by atoms with Gasteiger partial charge in [-0.1, -0.05) is 29.8 Å². The number of hydrogen-bond acceptors (Lipinski definition) is 6. The molecule has 0 unspecified atom stereocenters. The second-order valence-electron chi connectivity index (χ2n) is 8.53. The molecule has 0 spiro atoms. The molecule has 3 aromatic rings. The van der Waals surface area contributed by atoms with Gasteiger partial charge in [-0.25, -0.2) is 0 Å². The lowest BCUT2D eigenvalue weighted by atomic mass is 10.2. The van der Waals surface area contributed by atoms with E-state index in [0.29, 0.717) is 37.9 Å². The van der Waals surface area contributed by atoms with E-state index in [2.05, 4.69) is 15.0 Å². The van der Waals surface area contributed by atoms with E-state index >= 15 is 0 Å². The lowest BCUT2D eigenvalue weighted by Crippen LogP contribution is -2.37. The van der Waals surface area contributed by atoms with Gasteiger partial charge in [0.25, 0.3) is 0 Å². The van der Waals surface area contributed by atoms with Gasteiger partial charge in [0.05, 0.1) is 44.3 Å². The van der Waals surface area contributed by atoms with Gasteiger partial charge >= 0.3 is 0 Å². The molecule has 1 aliphatic rings. The molecular formula is C25H30ClN5O3. The Morgan fingerprint density at radius 3 is 2.71 bits per heavy atom. The molecule has 1 aromatic carbocycles. The molecule has 1 saturated heterocycles. The third-order valence-electron chi connectivity index (χ3n) is 5.95. The Hall–Kier alpha value is -2.94. The summed E-state index contributed by atoms with van der Waals surface area (Å²) in [5, 5.41) is 5.00. The first kappa shape index (κ1) is 24.2. The quantitative estimate of drug-likeness (QED) is 0.490. The van der Waals surface area contributed by atoms with Crippen molar-refractivity contribution in [2.24, 2.45) is 7.05 Å². The summed E-state index contributed by atoms with van der Waals surface area (Å²) < 4.78 is 13.3. The van der Waals surface area contributed by atoms with Crippen molar-refractivity contribution in [2.75, 3.05) is 26.7 Å². The molecule has 0 radical (unpaired) electrons. The van der Waals surface area contributed by atoms with Gasteiger partial charge in [-0.05, 0) is 36.8 Å². The van der Waals surface area contributed by atoms with Crippen LogP contribution in [0.5, 0.6) is 5.75 Å². The number of carbonyl (C=O) groups is 1. The van der Waals surface area contributed by atoms with Crippen molar-refractivity contribution >= 4 is 17.5 Å². The summed E-state index contributed by atoms with van der Waals surface area (Å²) in [4.78, 5) is 21.5. The highest BCUT2D eigenvalue weighted by Gasteiger charge is 2.30. The van der Waals surface area contributed by atoms with Crippen LogP contribution in [-0.2, 0) is 36.3 Å². The van der Waals surface area contributed by atoms with Crippen LogP contribution in [0.2, 0.25) is 5.15 Å². The van der Waals surface area contributed by atoms with Gasteiger partial charge in [0.15, 0.2) is 0 Å². The Bertz CT molecular complexity index is 1120. The lowest BCUT2D eigenvalue weighted by molar-refractivity contribution is -0.132. The fourth-order valence-corrected chi connectivity index (χ4v) is 4.40. The molecule has 4 rings (SSSR count). The van der Waals surface area contributed by atoms with Crippen molar-refractivity contribution in [3.8, 4) is 5.75 Å². The maximum atomic E-state index is 13.2. The first-order valence-electron chi connectivity index (χ1n) is 11.3. The Kier molecular flexibility index (Phi) is 7.82. The van der Waals surface area contributed by atoms with Crippen LogP contribution in [0, 0.1) is 6.92 Å². The van der Waals surface area contributed by atoms with Crippen molar-refractivity contribution < 1.29 is 14.3 Å².